The van der Waals surface area contributed by atoms with Gasteiger partial charge in [-0.05, 0) is 65.5 Å². The zero-order valence-electron chi connectivity index (χ0n) is 22.6. The molecule has 0 fully saturated rings. The van der Waals surface area contributed by atoms with Crippen molar-refractivity contribution >= 4 is 23.0 Å². The normalized spacial score (nSPS) is 14.2. The lowest BCUT2D eigenvalue weighted by molar-refractivity contribution is -0.118. The van der Waals surface area contributed by atoms with Crippen LogP contribution in [0.15, 0.2) is 65.3 Å². The molecule has 0 aromatic heterocycles. The Labute approximate surface area is 227 Å². The van der Waals surface area contributed by atoms with E-state index < -0.39 is 35.9 Å². The minimum Gasteiger partial charge on any atom is -0.508 e. The maximum atomic E-state index is 13.7. The van der Waals surface area contributed by atoms with Gasteiger partial charge in [-0.3, -0.25) is 4.79 Å². The van der Waals surface area contributed by atoms with Crippen LogP contribution in [0, 0.1) is 0 Å². The molecule has 0 unspecified atom stereocenters. The molecule has 2 aromatic rings. The summed E-state index contributed by atoms with van der Waals surface area (Å²) in [6.45, 7) is 6.54. The topological polar surface area (TPSA) is 84.2 Å². The molecule has 0 saturated carbocycles. The van der Waals surface area contributed by atoms with E-state index in [-0.39, 0.29) is 29.2 Å². The highest BCUT2D eigenvalue weighted by molar-refractivity contribution is 6.15. The van der Waals surface area contributed by atoms with Gasteiger partial charge in [0.1, 0.15) is 29.5 Å². The highest BCUT2D eigenvalue weighted by atomic mass is 19.4. The molecule has 6 nitrogen and oxygen atoms in total. The number of carbonyl (C=O) groups is 1. The summed E-state index contributed by atoms with van der Waals surface area (Å²) in [7, 11) is 0. The number of benzene rings is 2. The second-order valence-electron chi connectivity index (χ2n) is 10.1. The van der Waals surface area contributed by atoms with Crippen molar-refractivity contribution in [2.45, 2.75) is 59.6 Å². The summed E-state index contributed by atoms with van der Waals surface area (Å²) in [6.07, 6.45) is 4.92. The summed E-state index contributed by atoms with van der Waals surface area (Å²) in [5.74, 6) is -2.28. The average molecular weight is 545 g/mol. The van der Waals surface area contributed by atoms with Gasteiger partial charge >= 0.3 is 6.18 Å². The van der Waals surface area contributed by atoms with Crippen LogP contribution in [0.25, 0.3) is 0 Å². The van der Waals surface area contributed by atoms with Crippen LogP contribution < -0.4 is 9.80 Å². The van der Waals surface area contributed by atoms with Gasteiger partial charge in [0.25, 0.3) is 5.91 Å². The molecule has 1 aliphatic heterocycles. The third kappa shape index (κ3) is 7.59. The van der Waals surface area contributed by atoms with Crippen molar-refractivity contribution in [1.29, 1.82) is 0 Å². The average Bonchev–Trinajstić information content (AvgIpc) is 2.90. The number of halogens is 3. The van der Waals surface area contributed by atoms with Crippen molar-refractivity contribution in [3.8, 4) is 17.2 Å². The molecule has 1 aliphatic rings. The quantitative estimate of drug-likeness (QED) is 0.280. The first-order chi connectivity index (χ1) is 18.3. The number of allylic oxidation sites excluding steroid dienone is 5. The first-order valence-corrected chi connectivity index (χ1v) is 12.8. The molecule has 0 aliphatic carbocycles. The first-order valence-electron chi connectivity index (χ1n) is 12.8. The van der Waals surface area contributed by atoms with E-state index >= 15 is 0 Å². The molecule has 2 aromatic carbocycles. The smallest absolute Gasteiger partial charge is 0.406 e. The van der Waals surface area contributed by atoms with Crippen molar-refractivity contribution < 1.29 is 33.3 Å². The largest absolute Gasteiger partial charge is 0.508 e. The first kappa shape index (κ1) is 29.7. The van der Waals surface area contributed by atoms with Gasteiger partial charge in [-0.25, -0.2) is 0 Å². The predicted octanol–water partition coefficient (Wildman–Crippen LogP) is 7.88. The van der Waals surface area contributed by atoms with Crippen LogP contribution in [0.2, 0.25) is 0 Å². The summed E-state index contributed by atoms with van der Waals surface area (Å²) in [5, 5.41) is 31.4. The van der Waals surface area contributed by atoms with Crippen molar-refractivity contribution in [2.24, 2.45) is 0 Å². The van der Waals surface area contributed by atoms with Crippen molar-refractivity contribution in [3.05, 3.63) is 70.8 Å². The summed E-state index contributed by atoms with van der Waals surface area (Å²) < 4.78 is 41.0. The maximum absolute atomic E-state index is 13.7. The third-order valence-electron chi connectivity index (χ3n) is 6.46. The molecule has 3 rings (SSSR count). The van der Waals surface area contributed by atoms with E-state index in [2.05, 4.69) is 32.9 Å². The Morgan fingerprint density at radius 1 is 0.846 bits per heavy atom. The van der Waals surface area contributed by atoms with Gasteiger partial charge in [0, 0.05) is 18.7 Å². The standard InChI is InChI=1S/C30H35F3N2O4/c1-19(2)8-5-9-20(3)10-6-11-21(4)14-15-34-24-16-22(36)17-26(38)28(24)35(18-30(31,32)33)27-23(29(34)39)12-7-13-25(27)37/h7-8,10,12-14,16-17,36-38H,5-6,9,11,15,18H2,1-4H3/b20-10+,21-14+. The number of nitrogens with zero attached hydrogens (tertiary/aromatic N) is 2. The van der Waals surface area contributed by atoms with E-state index in [1.807, 2.05) is 6.92 Å². The molecule has 210 valence electrons. The molecular weight excluding hydrogens is 509 g/mol. The fourth-order valence-corrected chi connectivity index (χ4v) is 4.53. The van der Waals surface area contributed by atoms with E-state index in [1.165, 1.54) is 34.2 Å². The Kier molecular flexibility index (Phi) is 9.37. The summed E-state index contributed by atoms with van der Waals surface area (Å²) in [4.78, 5) is 15.5. The van der Waals surface area contributed by atoms with Gasteiger partial charge in [-0.15, -0.1) is 0 Å². The van der Waals surface area contributed by atoms with Gasteiger partial charge in [0.05, 0.1) is 16.9 Å². The second kappa shape index (κ2) is 12.3. The predicted molar refractivity (Wildman–Crippen MR) is 148 cm³/mol. The summed E-state index contributed by atoms with van der Waals surface area (Å²) in [6, 6.07) is 5.93. The summed E-state index contributed by atoms with van der Waals surface area (Å²) in [5.41, 5.74) is 2.58. The Bertz CT molecular complexity index is 1310. The molecule has 0 bridgehead atoms. The van der Waals surface area contributed by atoms with Crippen LogP contribution in [0.3, 0.4) is 0 Å². The molecule has 3 N–H and O–H groups in total. The second-order valence-corrected chi connectivity index (χ2v) is 10.1. The molecular formula is C30H35F3N2O4. The van der Waals surface area contributed by atoms with Crippen LogP contribution in [0.4, 0.5) is 30.2 Å². The number of carbonyl (C=O) groups excluding carboxylic acids is 1. The van der Waals surface area contributed by atoms with Crippen molar-refractivity contribution in [1.82, 2.24) is 0 Å². The van der Waals surface area contributed by atoms with Crippen molar-refractivity contribution in [2.75, 3.05) is 22.9 Å². The maximum Gasteiger partial charge on any atom is 0.406 e. The van der Waals surface area contributed by atoms with Crippen LogP contribution in [-0.2, 0) is 0 Å². The van der Waals surface area contributed by atoms with E-state index in [0.29, 0.717) is 4.90 Å². The fraction of sp³-hybridized carbons (Fsp3) is 0.367. The van der Waals surface area contributed by atoms with Gasteiger partial charge in [-0.1, -0.05) is 41.0 Å². The minimum atomic E-state index is -4.73. The number of hydrogen-bond donors (Lipinski definition) is 3. The van der Waals surface area contributed by atoms with E-state index in [0.717, 1.165) is 43.4 Å². The third-order valence-corrected chi connectivity index (χ3v) is 6.46. The van der Waals surface area contributed by atoms with Crippen LogP contribution in [0.5, 0.6) is 17.2 Å². The molecule has 0 atom stereocenters. The SMILES string of the molecule is CC(C)=CCC/C(C)=C/CC/C(C)=C/CN1C(=O)c2cccc(O)c2N(CC(F)(F)F)c2c(O)cc(O)cc21. The Balaban J connectivity index is 1.96. The highest BCUT2D eigenvalue weighted by Crippen LogP contribution is 2.50. The number of phenolic OH excluding ortho intramolecular Hbond substituents is 3. The number of hydrogen-bond acceptors (Lipinski definition) is 5. The molecule has 0 radical (unpaired) electrons. The lowest BCUT2D eigenvalue weighted by Crippen LogP contribution is -2.31. The molecule has 1 heterocycles. The fourth-order valence-electron chi connectivity index (χ4n) is 4.53. The van der Waals surface area contributed by atoms with Crippen LogP contribution in [-0.4, -0.2) is 40.5 Å². The molecule has 9 heteroatoms. The zero-order valence-corrected chi connectivity index (χ0v) is 22.6. The van der Waals surface area contributed by atoms with Gasteiger partial charge in [0.2, 0.25) is 0 Å². The number of phenols is 3. The van der Waals surface area contributed by atoms with E-state index in [1.54, 1.807) is 6.08 Å². The molecule has 1 amide bonds. The zero-order chi connectivity index (χ0) is 28.9. The lowest BCUT2D eigenvalue weighted by Gasteiger charge is -2.29. The number of anilines is 3. The Morgan fingerprint density at radius 2 is 1.49 bits per heavy atom. The molecule has 0 spiro atoms. The van der Waals surface area contributed by atoms with Crippen LogP contribution >= 0.6 is 0 Å². The van der Waals surface area contributed by atoms with Crippen molar-refractivity contribution in [3.63, 3.8) is 0 Å². The van der Waals surface area contributed by atoms with E-state index in [4.69, 9.17) is 0 Å². The number of alkyl halides is 3. The van der Waals surface area contributed by atoms with Gasteiger partial charge in [0.15, 0.2) is 0 Å². The molecule has 0 saturated heterocycles. The minimum absolute atomic E-state index is 0.0151. The number of para-hydroxylation sites is 1. The summed E-state index contributed by atoms with van der Waals surface area (Å²) >= 11 is 0. The van der Waals surface area contributed by atoms with E-state index in [9.17, 15) is 33.3 Å². The number of fused-ring (bicyclic) bond motifs is 2. The number of aromatic hydroxyl groups is 3. The highest BCUT2D eigenvalue weighted by Gasteiger charge is 2.40. The van der Waals surface area contributed by atoms with Gasteiger partial charge < -0.3 is 25.1 Å². The molecule has 39 heavy (non-hydrogen) atoms. The number of amides is 1. The monoisotopic (exact) mass is 544 g/mol. The Hall–Kier alpha value is -3.88. The number of rotatable bonds is 9. The Morgan fingerprint density at radius 3 is 2.13 bits per heavy atom. The van der Waals surface area contributed by atoms with Gasteiger partial charge in [-0.2, -0.15) is 13.2 Å². The van der Waals surface area contributed by atoms with Crippen LogP contribution in [0.1, 0.15) is 63.7 Å². The lowest BCUT2D eigenvalue weighted by atomic mass is 10.1.